The van der Waals surface area contributed by atoms with Gasteiger partial charge in [0.05, 0.1) is 18.3 Å². The highest BCUT2D eigenvalue weighted by atomic mass is 32.2. The van der Waals surface area contributed by atoms with Crippen LogP contribution in [0.5, 0.6) is 5.75 Å². The summed E-state index contributed by atoms with van der Waals surface area (Å²) in [5.41, 5.74) is -1.27. The van der Waals surface area contributed by atoms with E-state index in [-0.39, 0.29) is 22.8 Å². The summed E-state index contributed by atoms with van der Waals surface area (Å²) in [6.45, 7) is 2.87. The van der Waals surface area contributed by atoms with Crippen molar-refractivity contribution in [2.75, 3.05) is 20.7 Å². The van der Waals surface area contributed by atoms with E-state index in [0.29, 0.717) is 0 Å². The Hall–Kier alpha value is -1.64. The number of hydrogen-bond donors (Lipinski definition) is 2. The molecule has 118 valence electrons. The smallest absolute Gasteiger partial charge is 0.335 e. The van der Waals surface area contributed by atoms with E-state index in [9.17, 15) is 18.3 Å². The molecular formula is C13H19NO6S. The maximum Gasteiger partial charge on any atom is 0.335 e. The molecule has 0 bridgehead atoms. The molecule has 0 aromatic heterocycles. The monoisotopic (exact) mass is 317 g/mol. The summed E-state index contributed by atoms with van der Waals surface area (Å²) in [6.07, 6.45) is 0. The number of ether oxygens (including phenoxy) is 1. The van der Waals surface area contributed by atoms with Crippen LogP contribution in [0.15, 0.2) is 23.1 Å². The number of carboxylic acid groups (broad SMARTS) is 1. The van der Waals surface area contributed by atoms with Gasteiger partial charge in [0.2, 0.25) is 10.0 Å². The fourth-order valence-corrected chi connectivity index (χ4v) is 3.27. The van der Waals surface area contributed by atoms with E-state index in [1.807, 2.05) is 0 Å². The lowest BCUT2D eigenvalue weighted by Gasteiger charge is -2.25. The van der Waals surface area contributed by atoms with Crippen molar-refractivity contribution in [3.63, 3.8) is 0 Å². The van der Waals surface area contributed by atoms with Gasteiger partial charge in [-0.1, -0.05) is 0 Å². The van der Waals surface area contributed by atoms with Crippen molar-refractivity contribution in [1.82, 2.24) is 4.31 Å². The molecule has 7 nitrogen and oxygen atoms in total. The predicted molar refractivity (Wildman–Crippen MR) is 76.1 cm³/mol. The van der Waals surface area contributed by atoms with Crippen LogP contribution in [-0.2, 0) is 10.0 Å². The van der Waals surface area contributed by atoms with Crippen LogP contribution in [0, 0.1) is 0 Å². The van der Waals surface area contributed by atoms with E-state index in [2.05, 4.69) is 0 Å². The molecule has 1 aromatic carbocycles. The molecule has 0 amide bonds. The van der Waals surface area contributed by atoms with Gasteiger partial charge < -0.3 is 14.9 Å². The maximum absolute atomic E-state index is 12.5. The molecule has 0 radical (unpaired) electrons. The van der Waals surface area contributed by atoms with Gasteiger partial charge in [0.25, 0.3) is 0 Å². The van der Waals surface area contributed by atoms with Crippen molar-refractivity contribution in [1.29, 1.82) is 0 Å². The van der Waals surface area contributed by atoms with E-state index in [4.69, 9.17) is 9.84 Å². The zero-order valence-corrected chi connectivity index (χ0v) is 13.1. The van der Waals surface area contributed by atoms with E-state index in [1.165, 1.54) is 40.1 Å². The average Bonchev–Trinajstić information content (AvgIpc) is 2.35. The van der Waals surface area contributed by atoms with E-state index < -0.39 is 21.6 Å². The lowest BCUT2D eigenvalue weighted by atomic mass is 10.1. The molecule has 0 fully saturated rings. The third-order valence-corrected chi connectivity index (χ3v) is 4.55. The zero-order chi connectivity index (χ0) is 16.4. The Morgan fingerprint density at radius 2 is 1.95 bits per heavy atom. The highest BCUT2D eigenvalue weighted by Crippen LogP contribution is 2.28. The number of benzene rings is 1. The van der Waals surface area contributed by atoms with E-state index in [1.54, 1.807) is 0 Å². The summed E-state index contributed by atoms with van der Waals surface area (Å²) in [4.78, 5) is 10.8. The molecule has 21 heavy (non-hydrogen) atoms. The molecule has 0 spiro atoms. The summed E-state index contributed by atoms with van der Waals surface area (Å²) < 4.78 is 30.9. The van der Waals surface area contributed by atoms with Crippen LogP contribution in [-0.4, -0.2) is 55.2 Å². The summed E-state index contributed by atoms with van der Waals surface area (Å²) in [5.74, 6) is -1.24. The highest BCUT2D eigenvalue weighted by molar-refractivity contribution is 7.89. The van der Waals surface area contributed by atoms with Crippen molar-refractivity contribution in [2.24, 2.45) is 0 Å². The van der Waals surface area contributed by atoms with Gasteiger partial charge in [-0.25, -0.2) is 13.2 Å². The number of methoxy groups -OCH3 is 1. The molecular weight excluding hydrogens is 298 g/mol. The van der Waals surface area contributed by atoms with Gasteiger partial charge in [0.15, 0.2) is 0 Å². The molecule has 0 heterocycles. The standard InChI is InChI=1S/C13H19NO6S/c1-13(2,17)8-14(3)21(18,19)11-6-5-9(12(15)16)7-10(11)20-4/h5-7,17H,8H2,1-4H3,(H,15,16). The average molecular weight is 317 g/mol. The Bertz CT molecular complexity index is 633. The molecule has 0 aliphatic heterocycles. The van der Waals surface area contributed by atoms with Crippen LogP contribution < -0.4 is 4.74 Å². The second-order valence-electron chi connectivity index (χ2n) is 5.24. The Kier molecular flexibility index (Phi) is 4.98. The molecule has 0 atom stereocenters. The number of hydrogen-bond acceptors (Lipinski definition) is 5. The highest BCUT2D eigenvalue weighted by Gasteiger charge is 2.29. The first-order valence-electron chi connectivity index (χ1n) is 6.09. The maximum atomic E-state index is 12.5. The van der Waals surface area contributed by atoms with Crippen molar-refractivity contribution in [2.45, 2.75) is 24.3 Å². The molecule has 0 unspecified atom stereocenters. The Labute approximate surface area is 123 Å². The number of carbonyl (C=O) groups is 1. The Balaban J connectivity index is 3.28. The number of sulfonamides is 1. The lowest BCUT2D eigenvalue weighted by Crippen LogP contribution is -2.39. The fraction of sp³-hybridized carbons (Fsp3) is 0.462. The number of carboxylic acids is 1. The topological polar surface area (TPSA) is 104 Å². The molecule has 0 saturated carbocycles. The van der Waals surface area contributed by atoms with Gasteiger partial charge in [0.1, 0.15) is 10.6 Å². The summed E-state index contributed by atoms with van der Waals surface area (Å²) in [5, 5.41) is 18.6. The van der Waals surface area contributed by atoms with Crippen molar-refractivity contribution in [3.05, 3.63) is 23.8 Å². The van der Waals surface area contributed by atoms with Gasteiger partial charge in [0, 0.05) is 13.6 Å². The van der Waals surface area contributed by atoms with Crippen molar-refractivity contribution in [3.8, 4) is 5.75 Å². The summed E-state index contributed by atoms with van der Waals surface area (Å²) >= 11 is 0. The molecule has 1 aromatic rings. The number of rotatable bonds is 6. The van der Waals surface area contributed by atoms with Gasteiger partial charge in [-0.15, -0.1) is 0 Å². The molecule has 1 rings (SSSR count). The Morgan fingerprint density at radius 3 is 2.38 bits per heavy atom. The third-order valence-electron chi connectivity index (χ3n) is 2.71. The zero-order valence-electron chi connectivity index (χ0n) is 12.3. The second-order valence-corrected chi connectivity index (χ2v) is 7.26. The number of likely N-dealkylation sites (N-methyl/N-ethyl adjacent to an activating group) is 1. The SMILES string of the molecule is COc1cc(C(=O)O)ccc1S(=O)(=O)N(C)CC(C)(C)O. The van der Waals surface area contributed by atoms with Crippen LogP contribution in [0.1, 0.15) is 24.2 Å². The van der Waals surface area contributed by atoms with E-state index >= 15 is 0 Å². The van der Waals surface area contributed by atoms with Crippen LogP contribution >= 0.6 is 0 Å². The van der Waals surface area contributed by atoms with Gasteiger partial charge in [-0.2, -0.15) is 4.31 Å². The Morgan fingerprint density at radius 1 is 1.38 bits per heavy atom. The van der Waals surface area contributed by atoms with Crippen LogP contribution in [0.3, 0.4) is 0 Å². The molecule has 8 heteroatoms. The number of aliphatic hydroxyl groups is 1. The summed E-state index contributed by atoms with van der Waals surface area (Å²) in [7, 11) is -1.31. The molecule has 0 saturated heterocycles. The lowest BCUT2D eigenvalue weighted by molar-refractivity contribution is 0.0639. The first kappa shape index (κ1) is 17.4. The normalized spacial score (nSPS) is 12.5. The number of aromatic carboxylic acids is 1. The quantitative estimate of drug-likeness (QED) is 0.803. The minimum atomic E-state index is -3.90. The van der Waals surface area contributed by atoms with Gasteiger partial charge in [-0.3, -0.25) is 0 Å². The van der Waals surface area contributed by atoms with Gasteiger partial charge >= 0.3 is 5.97 Å². The van der Waals surface area contributed by atoms with Crippen LogP contribution in [0.4, 0.5) is 0 Å². The molecule has 2 N–H and O–H groups in total. The minimum absolute atomic E-state index is 0.0579. The number of nitrogens with zero attached hydrogens (tertiary/aromatic N) is 1. The third kappa shape index (κ3) is 4.16. The predicted octanol–water partition coefficient (Wildman–Crippen LogP) is 0.785. The largest absolute Gasteiger partial charge is 0.495 e. The van der Waals surface area contributed by atoms with E-state index in [0.717, 1.165) is 10.4 Å². The fourth-order valence-electron chi connectivity index (χ4n) is 1.81. The first-order valence-corrected chi connectivity index (χ1v) is 7.53. The van der Waals surface area contributed by atoms with Crippen LogP contribution in [0.2, 0.25) is 0 Å². The minimum Gasteiger partial charge on any atom is -0.495 e. The van der Waals surface area contributed by atoms with Crippen LogP contribution in [0.25, 0.3) is 0 Å². The van der Waals surface area contributed by atoms with Crippen molar-refractivity contribution >= 4 is 16.0 Å². The molecule has 0 aliphatic rings. The summed E-state index contributed by atoms with van der Waals surface area (Å²) in [6, 6.07) is 3.52. The first-order chi connectivity index (χ1) is 9.49. The second kappa shape index (κ2) is 6.00. The molecule has 0 aliphatic carbocycles. The van der Waals surface area contributed by atoms with Gasteiger partial charge in [-0.05, 0) is 32.0 Å². The van der Waals surface area contributed by atoms with Crippen molar-refractivity contribution < 1.29 is 28.2 Å².